The molecule has 58 heavy (non-hydrogen) atoms. The lowest BCUT2D eigenvalue weighted by atomic mass is 9.71. The molecule has 0 bridgehead atoms. The highest BCUT2D eigenvalue weighted by atomic mass is 32.2. The fourth-order valence-electron chi connectivity index (χ4n) is 8.06. The highest BCUT2D eigenvalue weighted by molar-refractivity contribution is 7.86. The molecule has 0 saturated heterocycles. The molecule has 15 nitrogen and oxygen atoms in total. The number of benzene rings is 4. The molecular formula is C40H37N3O12S3. The molecule has 4 aromatic carbocycles. The molecule has 1 aromatic heterocycles. The molecular weight excluding hydrogens is 811 g/mol. The monoisotopic (exact) mass is 847 g/mol. The molecule has 0 spiro atoms. The van der Waals surface area contributed by atoms with Crippen LogP contribution >= 0.6 is 0 Å². The SMILES string of the molecule is CCNC(=O)C1(C(=O)O)CC(=CC=c2c3cccc4c(S(=O)(=O)[O-])ccc(c43)n2CC)C=C(C=CC2=[N+](CC)c3ccc(S(=O)(=O)O)c4cccc2c34)C1.O=S(=O)=O. The number of aromatic nitrogens is 1. The number of carboxylic acid groups (broad SMARTS) is 1. The van der Waals surface area contributed by atoms with Crippen molar-refractivity contribution in [1.29, 1.82) is 0 Å². The van der Waals surface area contributed by atoms with E-state index in [1.165, 1.54) is 12.1 Å². The van der Waals surface area contributed by atoms with Gasteiger partial charge < -0.3 is 19.5 Å². The zero-order chi connectivity index (χ0) is 42.3. The van der Waals surface area contributed by atoms with Crippen molar-refractivity contribution in [2.24, 2.45) is 5.41 Å². The number of nitrogens with zero attached hydrogens (tertiary/aromatic N) is 2. The third-order valence-corrected chi connectivity index (χ3v) is 12.1. The summed E-state index contributed by atoms with van der Waals surface area (Å²) in [4.78, 5) is 26.1. The number of nitrogens with one attached hydrogen (secondary N) is 1. The molecule has 302 valence electrons. The zero-order valence-corrected chi connectivity index (χ0v) is 33.7. The van der Waals surface area contributed by atoms with Gasteiger partial charge in [-0.2, -0.15) is 13.0 Å². The van der Waals surface area contributed by atoms with Crippen LogP contribution in [0.3, 0.4) is 0 Å². The second-order valence-electron chi connectivity index (χ2n) is 13.6. The summed E-state index contributed by atoms with van der Waals surface area (Å²) >= 11 is 0. The summed E-state index contributed by atoms with van der Waals surface area (Å²) in [7, 11) is -12.4. The molecule has 1 atom stereocenters. The maximum Gasteiger partial charge on any atom is 0.425 e. The summed E-state index contributed by atoms with van der Waals surface area (Å²) in [6.45, 7) is 6.87. The Hall–Kier alpha value is -5.79. The molecule has 3 N–H and O–H groups in total. The third kappa shape index (κ3) is 7.51. The first-order chi connectivity index (χ1) is 27.4. The second-order valence-corrected chi connectivity index (χ2v) is 16.7. The first-order valence-corrected chi connectivity index (χ1v) is 21.8. The summed E-state index contributed by atoms with van der Waals surface area (Å²) in [6, 6.07) is 16.3. The molecule has 1 amide bonds. The van der Waals surface area contributed by atoms with Crippen molar-refractivity contribution in [1.82, 2.24) is 9.88 Å². The van der Waals surface area contributed by atoms with Gasteiger partial charge in [0.15, 0.2) is 5.41 Å². The van der Waals surface area contributed by atoms with Gasteiger partial charge >= 0.3 is 16.6 Å². The highest BCUT2D eigenvalue weighted by Crippen LogP contribution is 2.42. The fraction of sp³-hybridized carbons (Fsp3) is 0.225. The van der Waals surface area contributed by atoms with E-state index in [-0.39, 0.29) is 29.2 Å². The molecule has 0 saturated carbocycles. The molecule has 2 aliphatic rings. The average molecular weight is 848 g/mol. The van der Waals surface area contributed by atoms with Crippen LogP contribution in [0.15, 0.2) is 106 Å². The summed E-state index contributed by atoms with van der Waals surface area (Å²) in [5, 5.41) is 16.8. The number of carboxylic acids is 1. The first-order valence-electron chi connectivity index (χ1n) is 17.9. The van der Waals surface area contributed by atoms with Crippen LogP contribution in [0.5, 0.6) is 0 Å². The Labute approximate surface area is 334 Å². The van der Waals surface area contributed by atoms with Crippen LogP contribution in [-0.2, 0) is 47.0 Å². The van der Waals surface area contributed by atoms with Crippen LogP contribution in [0.4, 0.5) is 5.69 Å². The van der Waals surface area contributed by atoms with Gasteiger partial charge in [-0.25, -0.2) is 8.42 Å². The van der Waals surface area contributed by atoms with Crippen LogP contribution in [0.25, 0.3) is 38.5 Å². The van der Waals surface area contributed by atoms with Crippen molar-refractivity contribution in [2.45, 2.75) is 49.9 Å². The number of carbonyl (C=O) groups is 2. The van der Waals surface area contributed by atoms with E-state index in [9.17, 15) is 40.6 Å². The van der Waals surface area contributed by atoms with Crippen LogP contribution in [0.1, 0.15) is 39.2 Å². The summed E-state index contributed by atoms with van der Waals surface area (Å²) in [5.74, 6) is -1.89. The van der Waals surface area contributed by atoms with E-state index in [0.29, 0.717) is 51.2 Å². The summed E-state index contributed by atoms with van der Waals surface area (Å²) < 4.78 is 100. The van der Waals surface area contributed by atoms with Gasteiger partial charge in [-0.1, -0.05) is 48.6 Å². The van der Waals surface area contributed by atoms with Gasteiger partial charge in [0.05, 0.1) is 15.8 Å². The predicted octanol–water partition coefficient (Wildman–Crippen LogP) is 4.19. The Morgan fingerprint density at radius 3 is 2.12 bits per heavy atom. The van der Waals surface area contributed by atoms with Crippen LogP contribution < -0.4 is 10.7 Å². The Bertz CT molecular complexity index is 3100. The molecule has 1 unspecified atom stereocenters. The normalized spacial score (nSPS) is 18.0. The topological polar surface area (TPSA) is 237 Å². The largest absolute Gasteiger partial charge is 0.744 e. The third-order valence-electron chi connectivity index (χ3n) is 10.3. The number of rotatable bonds is 10. The molecule has 0 fully saturated rings. The minimum atomic E-state index is -4.74. The predicted molar refractivity (Wildman–Crippen MR) is 214 cm³/mol. The maximum absolute atomic E-state index is 13.6. The molecule has 2 heterocycles. The minimum Gasteiger partial charge on any atom is -0.744 e. The van der Waals surface area contributed by atoms with Crippen molar-refractivity contribution < 1.29 is 57.8 Å². The van der Waals surface area contributed by atoms with E-state index in [1.54, 1.807) is 55.5 Å². The van der Waals surface area contributed by atoms with E-state index < -0.39 is 48.1 Å². The van der Waals surface area contributed by atoms with Crippen molar-refractivity contribution >= 4 is 92.6 Å². The van der Waals surface area contributed by atoms with Gasteiger partial charge in [0.2, 0.25) is 17.3 Å². The van der Waals surface area contributed by atoms with Gasteiger partial charge in [0.1, 0.15) is 21.6 Å². The molecule has 18 heteroatoms. The van der Waals surface area contributed by atoms with Crippen LogP contribution in [0, 0.1) is 5.41 Å². The number of hydrogen-bond donors (Lipinski definition) is 3. The second kappa shape index (κ2) is 15.9. The Balaban J connectivity index is 0.00000135. The lowest BCUT2D eigenvalue weighted by Crippen LogP contribution is -2.48. The van der Waals surface area contributed by atoms with E-state index >= 15 is 0 Å². The zero-order valence-electron chi connectivity index (χ0n) is 31.3. The average Bonchev–Trinajstić information content (AvgIpc) is 3.64. The summed E-state index contributed by atoms with van der Waals surface area (Å²) in [5.41, 5.74) is 2.27. The lowest BCUT2D eigenvalue weighted by molar-refractivity contribution is -0.430. The van der Waals surface area contributed by atoms with E-state index in [4.69, 9.17) is 12.6 Å². The maximum atomic E-state index is 13.6. The number of aliphatic carboxylic acids is 1. The number of amides is 1. The standard InChI is InChI=1S/C40H37N3O9S2.O3S/c1-4-41-38(44)40(39(45)46)22-24(13-15-30-26-9-7-11-28-34(53(47,48)49)19-17-32(36(26)28)42(30)5-2)21-25(23-40)14-16-31-27-10-8-12-29-35(54(50,51)52)20-18-33(37(27)29)43(31)6-3;1-4(2)3/h7-21H,4-6,22-23H2,1-3H3,(H3-,41,44,45,46,47,48,49,50,51,52);. The molecule has 5 aromatic rings. The van der Waals surface area contributed by atoms with Gasteiger partial charge in [0.25, 0.3) is 10.1 Å². The summed E-state index contributed by atoms with van der Waals surface area (Å²) in [6.07, 6.45) is 8.85. The van der Waals surface area contributed by atoms with Crippen molar-refractivity contribution in [3.05, 3.63) is 107 Å². The Morgan fingerprint density at radius 1 is 0.879 bits per heavy atom. The van der Waals surface area contributed by atoms with Gasteiger partial charge in [-0.05, 0) is 75.1 Å². The highest BCUT2D eigenvalue weighted by Gasteiger charge is 2.48. The van der Waals surface area contributed by atoms with Gasteiger partial charge in [0, 0.05) is 57.6 Å². The Kier molecular flexibility index (Phi) is 11.4. The first kappa shape index (κ1) is 41.8. The van der Waals surface area contributed by atoms with E-state index in [2.05, 4.69) is 5.32 Å². The number of carbonyl (C=O) groups excluding carboxylic acids is 1. The van der Waals surface area contributed by atoms with Crippen LogP contribution in [-0.4, -0.2) is 83.5 Å². The van der Waals surface area contributed by atoms with Crippen molar-refractivity contribution in [3.63, 3.8) is 0 Å². The molecule has 1 aliphatic heterocycles. The fourth-order valence-corrected chi connectivity index (χ4v) is 9.42. The van der Waals surface area contributed by atoms with Crippen molar-refractivity contribution in [2.75, 3.05) is 13.1 Å². The molecule has 7 rings (SSSR count). The smallest absolute Gasteiger partial charge is 0.425 e. The lowest BCUT2D eigenvalue weighted by Gasteiger charge is -2.32. The molecule has 1 aliphatic carbocycles. The number of hydrogen-bond acceptors (Lipinski definition) is 10. The number of aryl methyl sites for hydroxylation is 1. The van der Waals surface area contributed by atoms with E-state index in [0.717, 1.165) is 27.8 Å². The van der Waals surface area contributed by atoms with Crippen LogP contribution in [0.2, 0.25) is 0 Å². The molecule has 0 radical (unpaired) electrons. The van der Waals surface area contributed by atoms with Gasteiger partial charge in [-0.3, -0.25) is 14.1 Å². The quantitative estimate of drug-likeness (QED) is 0.102. The van der Waals surface area contributed by atoms with Crippen molar-refractivity contribution in [3.8, 4) is 0 Å². The minimum absolute atomic E-state index is 0.0969. The Morgan fingerprint density at radius 2 is 1.52 bits per heavy atom. The van der Waals surface area contributed by atoms with Gasteiger partial charge in [-0.15, -0.1) is 12.6 Å². The van der Waals surface area contributed by atoms with E-state index in [1.807, 2.05) is 53.4 Å². The number of allylic oxidation sites excluding steroid dienone is 6.